The molecule has 0 aliphatic rings. The number of anilines is 1. The maximum Gasteiger partial charge on any atom is 0.149 e. The Bertz CT molecular complexity index is 465. The number of para-hydroxylation sites is 1. The van der Waals surface area contributed by atoms with Crippen molar-refractivity contribution in [2.75, 3.05) is 12.8 Å². The molecule has 1 aromatic heterocycles. The summed E-state index contributed by atoms with van der Waals surface area (Å²) in [4.78, 5) is 4.26. The van der Waals surface area contributed by atoms with Gasteiger partial charge in [-0.15, -0.1) is 11.3 Å². The van der Waals surface area contributed by atoms with Crippen LogP contribution in [0.5, 0.6) is 5.75 Å². The standard InChI is InChI=1S/C10H9BrN2OS/c1-14-7-5-3-2-4-6(7)10-13-9(12)8(11)15-10/h2-5H,12H2,1H3. The number of hydrogen-bond donors (Lipinski definition) is 1. The summed E-state index contributed by atoms with van der Waals surface area (Å²) in [6.45, 7) is 0. The number of hydrogen-bond acceptors (Lipinski definition) is 4. The minimum Gasteiger partial charge on any atom is -0.496 e. The van der Waals surface area contributed by atoms with Gasteiger partial charge in [-0.25, -0.2) is 4.98 Å². The summed E-state index contributed by atoms with van der Waals surface area (Å²) < 4.78 is 6.11. The molecule has 3 nitrogen and oxygen atoms in total. The molecule has 0 atom stereocenters. The Balaban J connectivity index is 2.53. The van der Waals surface area contributed by atoms with Gasteiger partial charge in [-0.05, 0) is 28.1 Å². The van der Waals surface area contributed by atoms with Crippen LogP contribution >= 0.6 is 27.3 Å². The molecule has 0 saturated carbocycles. The summed E-state index contributed by atoms with van der Waals surface area (Å²) in [6, 6.07) is 7.74. The summed E-state index contributed by atoms with van der Waals surface area (Å²) >= 11 is 4.85. The summed E-state index contributed by atoms with van der Waals surface area (Å²) in [5.41, 5.74) is 6.64. The molecular formula is C10H9BrN2OS. The lowest BCUT2D eigenvalue weighted by Gasteiger charge is -2.04. The third-order valence-corrected chi connectivity index (χ3v) is 3.73. The van der Waals surface area contributed by atoms with E-state index in [4.69, 9.17) is 10.5 Å². The molecule has 1 heterocycles. The zero-order valence-corrected chi connectivity index (χ0v) is 10.4. The van der Waals surface area contributed by atoms with Gasteiger partial charge < -0.3 is 10.5 Å². The molecule has 2 aromatic rings. The van der Waals surface area contributed by atoms with Gasteiger partial charge in [-0.1, -0.05) is 12.1 Å². The number of nitrogens with zero attached hydrogens (tertiary/aromatic N) is 1. The van der Waals surface area contributed by atoms with Crippen LogP contribution in [0.4, 0.5) is 5.82 Å². The lowest BCUT2D eigenvalue weighted by molar-refractivity contribution is 0.416. The lowest BCUT2D eigenvalue weighted by atomic mass is 10.2. The molecule has 2 rings (SSSR count). The van der Waals surface area contributed by atoms with Gasteiger partial charge in [0, 0.05) is 0 Å². The van der Waals surface area contributed by atoms with Gasteiger partial charge in [-0.3, -0.25) is 0 Å². The molecular weight excluding hydrogens is 276 g/mol. The van der Waals surface area contributed by atoms with Crippen LogP contribution < -0.4 is 10.5 Å². The molecule has 0 amide bonds. The normalized spacial score (nSPS) is 10.3. The quantitative estimate of drug-likeness (QED) is 0.922. The average Bonchev–Trinajstić information content (AvgIpc) is 2.59. The molecule has 0 fully saturated rings. The number of thiazole rings is 1. The molecule has 0 radical (unpaired) electrons. The van der Waals surface area contributed by atoms with E-state index in [-0.39, 0.29) is 0 Å². The number of ether oxygens (including phenoxy) is 1. The Kier molecular flexibility index (Phi) is 2.93. The van der Waals surface area contributed by atoms with Gasteiger partial charge in [-0.2, -0.15) is 0 Å². The molecule has 0 bridgehead atoms. The van der Waals surface area contributed by atoms with E-state index in [1.807, 2.05) is 24.3 Å². The predicted octanol–water partition coefficient (Wildman–Crippen LogP) is 3.16. The van der Waals surface area contributed by atoms with Crippen molar-refractivity contribution in [3.63, 3.8) is 0 Å². The van der Waals surface area contributed by atoms with Crippen LogP contribution in [0.15, 0.2) is 28.1 Å². The van der Waals surface area contributed by atoms with Crippen LogP contribution in [0.3, 0.4) is 0 Å². The Labute approximate surface area is 100 Å². The second-order valence-corrected chi connectivity index (χ2v) is 5.20. The van der Waals surface area contributed by atoms with Crippen molar-refractivity contribution in [1.29, 1.82) is 0 Å². The zero-order chi connectivity index (χ0) is 10.8. The highest BCUT2D eigenvalue weighted by Gasteiger charge is 2.11. The van der Waals surface area contributed by atoms with Crippen LogP contribution in [0.2, 0.25) is 0 Å². The largest absolute Gasteiger partial charge is 0.496 e. The predicted molar refractivity (Wildman–Crippen MR) is 66.2 cm³/mol. The molecule has 0 unspecified atom stereocenters. The van der Waals surface area contributed by atoms with Crippen molar-refractivity contribution in [1.82, 2.24) is 4.98 Å². The van der Waals surface area contributed by atoms with Crippen molar-refractivity contribution < 1.29 is 4.74 Å². The number of nitrogen functional groups attached to an aromatic ring is 1. The van der Waals surface area contributed by atoms with Crippen molar-refractivity contribution in [2.24, 2.45) is 0 Å². The van der Waals surface area contributed by atoms with E-state index in [0.29, 0.717) is 5.82 Å². The van der Waals surface area contributed by atoms with Gasteiger partial charge in [0.2, 0.25) is 0 Å². The van der Waals surface area contributed by atoms with E-state index in [2.05, 4.69) is 20.9 Å². The monoisotopic (exact) mass is 284 g/mol. The summed E-state index contributed by atoms with van der Waals surface area (Å²) in [5, 5.41) is 0.858. The summed E-state index contributed by atoms with van der Waals surface area (Å²) in [6.07, 6.45) is 0. The van der Waals surface area contributed by atoms with E-state index >= 15 is 0 Å². The zero-order valence-electron chi connectivity index (χ0n) is 8.03. The van der Waals surface area contributed by atoms with Crippen LogP contribution in [0.1, 0.15) is 0 Å². The van der Waals surface area contributed by atoms with E-state index in [0.717, 1.165) is 20.1 Å². The fraction of sp³-hybridized carbons (Fsp3) is 0.100. The Hall–Kier alpha value is -1.07. The molecule has 78 valence electrons. The van der Waals surface area contributed by atoms with Crippen LogP contribution in [0, 0.1) is 0 Å². The fourth-order valence-corrected chi connectivity index (χ4v) is 2.54. The van der Waals surface area contributed by atoms with Gasteiger partial charge in [0.1, 0.15) is 20.4 Å². The topological polar surface area (TPSA) is 48.1 Å². The van der Waals surface area contributed by atoms with Gasteiger partial charge in [0.05, 0.1) is 12.7 Å². The Morgan fingerprint density at radius 2 is 2.13 bits per heavy atom. The van der Waals surface area contributed by atoms with Crippen LogP contribution in [-0.2, 0) is 0 Å². The smallest absolute Gasteiger partial charge is 0.149 e. The number of halogens is 1. The molecule has 5 heteroatoms. The summed E-state index contributed by atoms with van der Waals surface area (Å²) in [7, 11) is 1.64. The first-order chi connectivity index (χ1) is 7.22. The SMILES string of the molecule is COc1ccccc1-c1nc(N)c(Br)s1. The fourth-order valence-electron chi connectivity index (χ4n) is 1.25. The highest BCUT2D eigenvalue weighted by molar-refractivity contribution is 9.11. The Morgan fingerprint density at radius 1 is 1.40 bits per heavy atom. The third-order valence-electron chi connectivity index (χ3n) is 1.95. The minimum atomic E-state index is 0.515. The molecule has 0 aliphatic heterocycles. The maximum absolute atomic E-state index is 5.68. The van der Waals surface area contributed by atoms with E-state index in [1.165, 1.54) is 11.3 Å². The van der Waals surface area contributed by atoms with E-state index in [1.54, 1.807) is 7.11 Å². The number of aromatic nitrogens is 1. The van der Waals surface area contributed by atoms with Gasteiger partial charge in [0.25, 0.3) is 0 Å². The molecule has 1 aromatic carbocycles. The number of benzene rings is 1. The van der Waals surface area contributed by atoms with Gasteiger partial charge >= 0.3 is 0 Å². The first-order valence-electron chi connectivity index (χ1n) is 4.27. The Morgan fingerprint density at radius 3 is 2.73 bits per heavy atom. The summed E-state index contributed by atoms with van der Waals surface area (Å²) in [5.74, 6) is 1.32. The molecule has 0 saturated heterocycles. The van der Waals surface area contributed by atoms with Crippen molar-refractivity contribution in [3.05, 3.63) is 28.1 Å². The number of rotatable bonds is 2. The van der Waals surface area contributed by atoms with Crippen LogP contribution in [0.25, 0.3) is 10.6 Å². The van der Waals surface area contributed by atoms with Crippen molar-refractivity contribution in [3.8, 4) is 16.3 Å². The first kappa shape index (κ1) is 10.4. The molecule has 0 aliphatic carbocycles. The minimum absolute atomic E-state index is 0.515. The van der Waals surface area contributed by atoms with E-state index in [9.17, 15) is 0 Å². The second-order valence-electron chi connectivity index (χ2n) is 2.88. The average molecular weight is 285 g/mol. The third kappa shape index (κ3) is 1.98. The highest BCUT2D eigenvalue weighted by atomic mass is 79.9. The van der Waals surface area contributed by atoms with Crippen molar-refractivity contribution in [2.45, 2.75) is 0 Å². The maximum atomic E-state index is 5.68. The molecule has 0 spiro atoms. The molecule has 15 heavy (non-hydrogen) atoms. The lowest BCUT2D eigenvalue weighted by Crippen LogP contribution is -1.88. The first-order valence-corrected chi connectivity index (χ1v) is 5.88. The second kappa shape index (κ2) is 4.20. The van der Waals surface area contributed by atoms with Crippen LogP contribution in [-0.4, -0.2) is 12.1 Å². The molecule has 2 N–H and O–H groups in total. The number of nitrogens with two attached hydrogens (primary N) is 1. The highest BCUT2D eigenvalue weighted by Crippen LogP contribution is 2.37. The van der Waals surface area contributed by atoms with Crippen molar-refractivity contribution >= 4 is 33.1 Å². The number of methoxy groups -OCH3 is 1. The van der Waals surface area contributed by atoms with Gasteiger partial charge in [0.15, 0.2) is 0 Å². The van der Waals surface area contributed by atoms with E-state index < -0.39 is 0 Å².